The van der Waals surface area contributed by atoms with Crippen LogP contribution in [0.25, 0.3) is 0 Å². The summed E-state index contributed by atoms with van der Waals surface area (Å²) in [6.45, 7) is 3.97. The highest BCUT2D eigenvalue weighted by Crippen LogP contribution is 2.19. The van der Waals surface area contributed by atoms with E-state index in [-0.39, 0.29) is 18.1 Å². The van der Waals surface area contributed by atoms with E-state index >= 15 is 0 Å². The lowest BCUT2D eigenvalue weighted by Crippen LogP contribution is -2.36. The second-order valence-electron chi connectivity index (χ2n) is 6.79. The van der Waals surface area contributed by atoms with E-state index in [0.29, 0.717) is 6.54 Å². The second-order valence-corrected chi connectivity index (χ2v) is 6.79. The Morgan fingerprint density at radius 3 is 2.39 bits per heavy atom. The van der Waals surface area contributed by atoms with Gasteiger partial charge in [-0.05, 0) is 36.9 Å². The Morgan fingerprint density at radius 1 is 1.14 bits per heavy atom. The van der Waals surface area contributed by atoms with Crippen molar-refractivity contribution >= 4 is 23.0 Å². The van der Waals surface area contributed by atoms with Crippen LogP contribution < -0.4 is 10.2 Å². The van der Waals surface area contributed by atoms with Crippen molar-refractivity contribution in [3.05, 3.63) is 64.2 Å². The van der Waals surface area contributed by atoms with Crippen LogP contribution in [0.1, 0.15) is 5.56 Å². The Balaban J connectivity index is 1.48. The van der Waals surface area contributed by atoms with Crippen LogP contribution in [0.3, 0.4) is 0 Å². The van der Waals surface area contributed by atoms with Crippen LogP contribution in [0.4, 0.5) is 17.1 Å². The molecule has 0 saturated carbocycles. The molecular formula is C20H24N4O4. The zero-order valence-corrected chi connectivity index (χ0v) is 15.8. The molecule has 0 aromatic heterocycles. The molecule has 1 heterocycles. The number of nitro groups is 1. The van der Waals surface area contributed by atoms with Gasteiger partial charge in [0.05, 0.1) is 24.7 Å². The molecule has 1 aliphatic rings. The Morgan fingerprint density at radius 2 is 1.79 bits per heavy atom. The number of amides is 1. The number of carbonyl (C=O) groups excluding carboxylic acids is 1. The molecule has 8 nitrogen and oxygen atoms in total. The van der Waals surface area contributed by atoms with Crippen molar-refractivity contribution in [1.82, 2.24) is 4.90 Å². The number of non-ortho nitro benzene ring substituents is 1. The molecule has 1 amide bonds. The van der Waals surface area contributed by atoms with E-state index in [2.05, 4.69) is 10.2 Å². The summed E-state index contributed by atoms with van der Waals surface area (Å²) in [5, 5.41) is 13.6. The Labute approximate surface area is 163 Å². The molecule has 2 aromatic carbocycles. The van der Waals surface area contributed by atoms with Gasteiger partial charge in [-0.15, -0.1) is 0 Å². The molecule has 1 aliphatic heterocycles. The predicted molar refractivity (Wildman–Crippen MR) is 108 cm³/mol. The van der Waals surface area contributed by atoms with Gasteiger partial charge in [0.2, 0.25) is 5.91 Å². The number of likely N-dealkylation sites (N-methyl/N-ethyl adjacent to an activating group) is 1. The van der Waals surface area contributed by atoms with Gasteiger partial charge in [0.25, 0.3) is 5.69 Å². The lowest BCUT2D eigenvalue weighted by Gasteiger charge is -2.28. The Hall–Kier alpha value is -2.97. The molecule has 0 aliphatic carbocycles. The molecule has 0 atom stereocenters. The molecule has 0 spiro atoms. The first-order valence-electron chi connectivity index (χ1n) is 9.16. The molecule has 0 bridgehead atoms. The summed E-state index contributed by atoms with van der Waals surface area (Å²) < 4.78 is 5.36. The van der Waals surface area contributed by atoms with Crippen molar-refractivity contribution in [2.75, 3.05) is 50.1 Å². The zero-order valence-electron chi connectivity index (χ0n) is 15.8. The Kier molecular flexibility index (Phi) is 6.57. The largest absolute Gasteiger partial charge is 0.378 e. The normalized spacial score (nSPS) is 14.1. The number of hydrogen-bond acceptors (Lipinski definition) is 6. The SMILES string of the molecule is CN(CC(=O)Nc1ccc(N2CCOCC2)cc1)Cc1ccc([N+](=O)[O-])cc1. The van der Waals surface area contributed by atoms with E-state index in [1.807, 2.05) is 36.2 Å². The highest BCUT2D eigenvalue weighted by atomic mass is 16.6. The average Bonchev–Trinajstić information content (AvgIpc) is 2.69. The maximum absolute atomic E-state index is 12.3. The lowest BCUT2D eigenvalue weighted by atomic mass is 10.2. The summed E-state index contributed by atoms with van der Waals surface area (Å²) in [6, 6.07) is 14.2. The number of nitrogens with one attached hydrogen (secondary N) is 1. The summed E-state index contributed by atoms with van der Waals surface area (Å²) in [6.07, 6.45) is 0. The molecule has 8 heteroatoms. The number of hydrogen-bond donors (Lipinski definition) is 1. The fourth-order valence-corrected chi connectivity index (χ4v) is 3.11. The monoisotopic (exact) mass is 384 g/mol. The summed E-state index contributed by atoms with van der Waals surface area (Å²) in [4.78, 5) is 26.7. The van der Waals surface area contributed by atoms with E-state index in [0.717, 1.165) is 43.2 Å². The average molecular weight is 384 g/mol. The van der Waals surface area contributed by atoms with E-state index in [9.17, 15) is 14.9 Å². The molecule has 28 heavy (non-hydrogen) atoms. The number of anilines is 2. The third kappa shape index (κ3) is 5.51. The van der Waals surface area contributed by atoms with Gasteiger partial charge in [0.15, 0.2) is 0 Å². The van der Waals surface area contributed by atoms with E-state index in [4.69, 9.17) is 4.74 Å². The van der Waals surface area contributed by atoms with Gasteiger partial charge in [-0.2, -0.15) is 0 Å². The van der Waals surface area contributed by atoms with Crippen LogP contribution in [0, 0.1) is 10.1 Å². The van der Waals surface area contributed by atoms with Gasteiger partial charge >= 0.3 is 0 Å². The number of carbonyl (C=O) groups is 1. The molecule has 1 fully saturated rings. The first kappa shape index (κ1) is 19.8. The minimum atomic E-state index is -0.425. The van der Waals surface area contributed by atoms with Crippen LogP contribution in [-0.4, -0.2) is 55.6 Å². The zero-order chi connectivity index (χ0) is 19.9. The van der Waals surface area contributed by atoms with Crippen LogP contribution in [-0.2, 0) is 16.1 Å². The van der Waals surface area contributed by atoms with Gasteiger partial charge in [-0.25, -0.2) is 0 Å². The number of ether oxygens (including phenoxy) is 1. The van der Waals surface area contributed by atoms with E-state index in [1.165, 1.54) is 12.1 Å². The van der Waals surface area contributed by atoms with Gasteiger partial charge < -0.3 is 15.0 Å². The van der Waals surface area contributed by atoms with Crippen LogP contribution in [0.2, 0.25) is 0 Å². The smallest absolute Gasteiger partial charge is 0.269 e. The van der Waals surface area contributed by atoms with Gasteiger partial charge in [0, 0.05) is 43.1 Å². The summed E-state index contributed by atoms with van der Waals surface area (Å²) in [5.41, 5.74) is 2.85. The maximum atomic E-state index is 12.3. The number of nitro benzene ring substituents is 1. The number of rotatable bonds is 7. The Bertz CT molecular complexity index is 802. The predicted octanol–water partition coefficient (Wildman–Crippen LogP) is 2.50. The highest BCUT2D eigenvalue weighted by molar-refractivity contribution is 5.92. The summed E-state index contributed by atoms with van der Waals surface area (Å²) >= 11 is 0. The van der Waals surface area contributed by atoms with Crippen molar-refractivity contribution in [3.8, 4) is 0 Å². The standard InChI is InChI=1S/C20H24N4O4/c1-22(14-16-2-6-19(7-3-16)24(26)27)15-20(25)21-17-4-8-18(9-5-17)23-10-12-28-13-11-23/h2-9H,10-15H2,1H3,(H,21,25). The van der Waals surface area contributed by atoms with Crippen molar-refractivity contribution < 1.29 is 14.5 Å². The van der Waals surface area contributed by atoms with Crippen LogP contribution in [0.5, 0.6) is 0 Å². The number of benzene rings is 2. The maximum Gasteiger partial charge on any atom is 0.269 e. The van der Waals surface area contributed by atoms with Crippen LogP contribution >= 0.6 is 0 Å². The number of nitrogens with zero attached hydrogens (tertiary/aromatic N) is 3. The van der Waals surface area contributed by atoms with Crippen molar-refractivity contribution in [3.63, 3.8) is 0 Å². The van der Waals surface area contributed by atoms with Crippen molar-refractivity contribution in [1.29, 1.82) is 0 Å². The minimum absolute atomic E-state index is 0.0599. The lowest BCUT2D eigenvalue weighted by molar-refractivity contribution is -0.384. The van der Waals surface area contributed by atoms with Crippen molar-refractivity contribution in [2.45, 2.75) is 6.54 Å². The second kappa shape index (κ2) is 9.29. The molecule has 3 rings (SSSR count). The number of morpholine rings is 1. The quantitative estimate of drug-likeness (QED) is 0.583. The van der Waals surface area contributed by atoms with E-state index in [1.54, 1.807) is 12.1 Å². The minimum Gasteiger partial charge on any atom is -0.378 e. The van der Waals surface area contributed by atoms with Gasteiger partial charge in [-0.3, -0.25) is 19.8 Å². The summed E-state index contributed by atoms with van der Waals surface area (Å²) in [5.74, 6) is -0.108. The molecule has 1 saturated heterocycles. The third-order valence-electron chi connectivity index (χ3n) is 4.54. The molecular weight excluding hydrogens is 360 g/mol. The summed E-state index contributed by atoms with van der Waals surface area (Å²) in [7, 11) is 1.84. The molecule has 0 radical (unpaired) electrons. The van der Waals surface area contributed by atoms with Gasteiger partial charge in [-0.1, -0.05) is 12.1 Å². The topological polar surface area (TPSA) is 88.0 Å². The fraction of sp³-hybridized carbons (Fsp3) is 0.350. The highest BCUT2D eigenvalue weighted by Gasteiger charge is 2.12. The molecule has 0 unspecified atom stereocenters. The molecule has 2 aromatic rings. The van der Waals surface area contributed by atoms with Gasteiger partial charge in [0.1, 0.15) is 0 Å². The first-order valence-corrected chi connectivity index (χ1v) is 9.16. The first-order chi connectivity index (χ1) is 13.5. The van der Waals surface area contributed by atoms with Crippen molar-refractivity contribution in [2.24, 2.45) is 0 Å². The fourth-order valence-electron chi connectivity index (χ4n) is 3.11. The molecule has 148 valence electrons. The molecule has 1 N–H and O–H groups in total. The van der Waals surface area contributed by atoms with Crippen LogP contribution in [0.15, 0.2) is 48.5 Å². The third-order valence-corrected chi connectivity index (χ3v) is 4.54. The van der Waals surface area contributed by atoms with E-state index < -0.39 is 4.92 Å².